The number of hydrogen-bond donors (Lipinski definition) is 3. The maximum Gasteiger partial charge on any atom is 0.416 e. The van der Waals surface area contributed by atoms with Crippen LogP contribution in [0.4, 0.5) is 13.2 Å². The van der Waals surface area contributed by atoms with Gasteiger partial charge in [0.15, 0.2) is 0 Å². The van der Waals surface area contributed by atoms with Gasteiger partial charge in [-0.15, -0.1) is 0 Å². The van der Waals surface area contributed by atoms with E-state index in [0.29, 0.717) is 11.1 Å². The van der Waals surface area contributed by atoms with Crippen LogP contribution in [-0.4, -0.2) is 35.5 Å². The lowest BCUT2D eigenvalue weighted by molar-refractivity contribution is -0.141. The molecule has 0 heterocycles. The van der Waals surface area contributed by atoms with Crippen molar-refractivity contribution in [3.05, 3.63) is 71.3 Å². The molecule has 2 aromatic rings. The van der Waals surface area contributed by atoms with Crippen molar-refractivity contribution in [1.82, 2.24) is 10.6 Å². The summed E-state index contributed by atoms with van der Waals surface area (Å²) in [5.41, 5.74) is -0.195. The molecule has 0 aliphatic carbocycles. The van der Waals surface area contributed by atoms with E-state index in [-0.39, 0.29) is 6.42 Å². The zero-order valence-corrected chi connectivity index (χ0v) is 14.5. The largest absolute Gasteiger partial charge is 0.480 e. The zero-order valence-electron chi connectivity index (χ0n) is 14.5. The van der Waals surface area contributed by atoms with Gasteiger partial charge in [-0.3, -0.25) is 9.59 Å². The number of amides is 2. The maximum atomic E-state index is 12.6. The van der Waals surface area contributed by atoms with Gasteiger partial charge in [0.25, 0.3) is 5.91 Å². The normalized spacial score (nSPS) is 12.1. The molecule has 2 rings (SSSR count). The zero-order chi connectivity index (χ0) is 20.7. The first kappa shape index (κ1) is 20.9. The Balaban J connectivity index is 1.92. The van der Waals surface area contributed by atoms with Crippen LogP contribution < -0.4 is 10.6 Å². The number of alkyl halides is 3. The molecule has 0 bridgehead atoms. The highest BCUT2D eigenvalue weighted by molar-refractivity contribution is 5.96. The van der Waals surface area contributed by atoms with Gasteiger partial charge in [-0.05, 0) is 29.8 Å². The number of carboxylic acid groups (broad SMARTS) is 1. The van der Waals surface area contributed by atoms with Gasteiger partial charge in [0.2, 0.25) is 5.91 Å². The summed E-state index contributed by atoms with van der Waals surface area (Å²) < 4.78 is 37.7. The highest BCUT2D eigenvalue weighted by atomic mass is 19.4. The van der Waals surface area contributed by atoms with Crippen LogP contribution in [0, 0.1) is 0 Å². The molecule has 6 nitrogen and oxygen atoms in total. The Kier molecular flexibility index (Phi) is 6.75. The van der Waals surface area contributed by atoms with Crippen LogP contribution in [0.3, 0.4) is 0 Å². The smallest absolute Gasteiger partial charge is 0.416 e. The fraction of sp³-hybridized carbons (Fsp3) is 0.211. The van der Waals surface area contributed by atoms with E-state index >= 15 is 0 Å². The Bertz CT molecular complexity index is 837. The highest BCUT2D eigenvalue weighted by Crippen LogP contribution is 2.29. The van der Waals surface area contributed by atoms with E-state index in [9.17, 15) is 32.7 Å². The minimum Gasteiger partial charge on any atom is -0.480 e. The van der Waals surface area contributed by atoms with Crippen LogP contribution in [-0.2, 0) is 22.2 Å². The van der Waals surface area contributed by atoms with E-state index < -0.39 is 42.1 Å². The summed E-state index contributed by atoms with van der Waals surface area (Å²) in [7, 11) is 0. The molecule has 0 unspecified atom stereocenters. The minimum absolute atomic E-state index is 0.203. The number of nitrogens with one attached hydrogen (secondary N) is 2. The van der Waals surface area contributed by atoms with E-state index in [2.05, 4.69) is 10.6 Å². The number of aliphatic carboxylic acids is 1. The van der Waals surface area contributed by atoms with Crippen molar-refractivity contribution >= 4 is 17.8 Å². The van der Waals surface area contributed by atoms with Crippen LogP contribution >= 0.6 is 0 Å². The van der Waals surface area contributed by atoms with Gasteiger partial charge in [0.05, 0.1) is 12.1 Å². The molecule has 28 heavy (non-hydrogen) atoms. The average Bonchev–Trinajstić information content (AvgIpc) is 2.66. The number of carboxylic acids is 1. The molecule has 0 aliphatic rings. The lowest BCUT2D eigenvalue weighted by atomic mass is 10.0. The van der Waals surface area contributed by atoms with Crippen LogP contribution in [0.5, 0.6) is 0 Å². The van der Waals surface area contributed by atoms with Gasteiger partial charge in [-0.2, -0.15) is 13.2 Å². The van der Waals surface area contributed by atoms with E-state index in [1.165, 1.54) is 0 Å². The number of carbonyl (C=O) groups is 3. The topological polar surface area (TPSA) is 95.5 Å². The maximum absolute atomic E-state index is 12.6. The lowest BCUT2D eigenvalue weighted by Crippen LogP contribution is -2.46. The van der Waals surface area contributed by atoms with Crippen LogP contribution in [0.2, 0.25) is 0 Å². The molecule has 0 saturated carbocycles. The van der Waals surface area contributed by atoms with Crippen molar-refractivity contribution in [1.29, 1.82) is 0 Å². The van der Waals surface area contributed by atoms with Gasteiger partial charge in [0, 0.05) is 12.0 Å². The molecule has 9 heteroatoms. The van der Waals surface area contributed by atoms with Crippen LogP contribution in [0.15, 0.2) is 54.6 Å². The highest BCUT2D eigenvalue weighted by Gasteiger charge is 2.30. The van der Waals surface area contributed by atoms with Crippen LogP contribution in [0.1, 0.15) is 21.5 Å². The average molecular weight is 394 g/mol. The monoisotopic (exact) mass is 394 g/mol. The number of rotatable bonds is 7. The van der Waals surface area contributed by atoms with Crippen molar-refractivity contribution in [2.45, 2.75) is 18.6 Å². The molecule has 1 atom stereocenters. The molecule has 0 spiro atoms. The van der Waals surface area contributed by atoms with Gasteiger partial charge in [0.1, 0.15) is 6.04 Å². The molecule has 148 valence electrons. The van der Waals surface area contributed by atoms with Crippen molar-refractivity contribution in [2.24, 2.45) is 0 Å². The molecule has 0 saturated heterocycles. The third-order valence-electron chi connectivity index (χ3n) is 3.80. The Morgan fingerprint density at radius 2 is 1.57 bits per heavy atom. The van der Waals surface area contributed by atoms with Crippen molar-refractivity contribution in [2.75, 3.05) is 6.54 Å². The second kappa shape index (κ2) is 9.03. The molecule has 3 N–H and O–H groups in total. The van der Waals surface area contributed by atoms with Crippen molar-refractivity contribution < 1.29 is 32.7 Å². The number of hydrogen-bond acceptors (Lipinski definition) is 3. The standard InChI is InChI=1S/C19H17F3N2O4/c20-19(21,22)14-8-6-12(7-9-14)10-15(18(27)28)24-16(25)11-23-17(26)13-4-2-1-3-5-13/h1-9,15H,10-11H2,(H,23,26)(H,24,25)(H,27,28)/t15-/m1/s1. The molecule has 0 radical (unpaired) electrons. The van der Waals surface area contributed by atoms with E-state index in [0.717, 1.165) is 24.3 Å². The summed E-state index contributed by atoms with van der Waals surface area (Å²) in [6, 6.07) is 10.8. The molecule has 0 fully saturated rings. The molecule has 0 aromatic heterocycles. The summed E-state index contributed by atoms with van der Waals surface area (Å²) >= 11 is 0. The molecular formula is C19H17F3N2O4. The van der Waals surface area contributed by atoms with Gasteiger partial charge in [-0.1, -0.05) is 30.3 Å². The number of carbonyl (C=O) groups excluding carboxylic acids is 2. The Morgan fingerprint density at radius 1 is 0.964 bits per heavy atom. The summed E-state index contributed by atoms with van der Waals surface area (Å²) in [4.78, 5) is 35.1. The summed E-state index contributed by atoms with van der Waals surface area (Å²) in [5, 5.41) is 13.8. The predicted molar refractivity (Wildman–Crippen MR) is 93.5 cm³/mol. The first-order valence-corrected chi connectivity index (χ1v) is 8.18. The molecule has 2 amide bonds. The third kappa shape index (κ3) is 6.11. The Hall–Kier alpha value is -3.36. The SMILES string of the molecule is O=C(CNC(=O)c1ccccc1)N[C@H](Cc1ccc(C(F)(F)F)cc1)C(=O)O. The fourth-order valence-corrected chi connectivity index (χ4v) is 2.36. The van der Waals surface area contributed by atoms with Crippen LogP contribution in [0.25, 0.3) is 0 Å². The van der Waals surface area contributed by atoms with Gasteiger partial charge < -0.3 is 15.7 Å². The summed E-state index contributed by atoms with van der Waals surface area (Å²) in [6.07, 6.45) is -4.69. The molecule has 2 aromatic carbocycles. The predicted octanol–water partition coefficient (Wildman–Crippen LogP) is 2.25. The Morgan fingerprint density at radius 3 is 2.11 bits per heavy atom. The third-order valence-corrected chi connectivity index (χ3v) is 3.80. The molecular weight excluding hydrogens is 377 g/mol. The fourth-order valence-electron chi connectivity index (χ4n) is 2.36. The second-order valence-electron chi connectivity index (χ2n) is 5.91. The lowest BCUT2D eigenvalue weighted by Gasteiger charge is -2.15. The van der Waals surface area contributed by atoms with Crippen molar-refractivity contribution in [3.63, 3.8) is 0 Å². The number of halogens is 3. The quantitative estimate of drug-likeness (QED) is 0.671. The minimum atomic E-state index is -4.49. The first-order valence-electron chi connectivity index (χ1n) is 8.18. The Labute approximate surface area is 158 Å². The van der Waals surface area contributed by atoms with E-state index in [1.54, 1.807) is 30.3 Å². The van der Waals surface area contributed by atoms with Gasteiger partial charge in [-0.25, -0.2) is 4.79 Å². The van der Waals surface area contributed by atoms with E-state index in [4.69, 9.17) is 0 Å². The first-order chi connectivity index (χ1) is 13.2. The van der Waals surface area contributed by atoms with E-state index in [1.807, 2.05) is 0 Å². The summed E-state index contributed by atoms with van der Waals surface area (Å²) in [6.45, 7) is -0.440. The van der Waals surface area contributed by atoms with Gasteiger partial charge >= 0.3 is 12.1 Å². The second-order valence-corrected chi connectivity index (χ2v) is 5.91. The van der Waals surface area contributed by atoms with Crippen molar-refractivity contribution in [3.8, 4) is 0 Å². The number of benzene rings is 2. The summed E-state index contributed by atoms with van der Waals surface area (Å²) in [5.74, 6) is -2.57. The molecule has 0 aliphatic heterocycles.